The van der Waals surface area contributed by atoms with Gasteiger partial charge in [0.1, 0.15) is 17.1 Å². The Hall–Kier alpha value is -2.80. The fourth-order valence-electron chi connectivity index (χ4n) is 1.93. The van der Waals surface area contributed by atoms with Crippen LogP contribution in [0.4, 0.5) is 5.69 Å². The highest BCUT2D eigenvalue weighted by Gasteiger charge is 2.28. The van der Waals surface area contributed by atoms with Crippen LogP contribution in [0.5, 0.6) is 5.75 Å². The van der Waals surface area contributed by atoms with E-state index < -0.39 is 17.4 Å². The van der Waals surface area contributed by atoms with E-state index in [9.17, 15) is 14.7 Å². The predicted octanol–water partition coefficient (Wildman–Crippen LogP) is 1.25. The number of methoxy groups -OCH3 is 1. The summed E-state index contributed by atoms with van der Waals surface area (Å²) in [6.07, 6.45) is 1.42. The van der Waals surface area contributed by atoms with Crippen LogP contribution in [0.1, 0.15) is 12.7 Å². The van der Waals surface area contributed by atoms with Crippen molar-refractivity contribution in [2.24, 2.45) is 0 Å². The Morgan fingerprint density at radius 3 is 2.61 bits per heavy atom. The fraction of sp³-hybridized carbons (Fsp3) is 0.250. The maximum Gasteiger partial charge on any atom is 0.313 e. The molecule has 23 heavy (non-hydrogen) atoms. The summed E-state index contributed by atoms with van der Waals surface area (Å²) in [5.74, 6) is -0.994. The molecule has 1 atom stereocenters. The minimum Gasteiger partial charge on any atom is -0.495 e. The molecular weight excluding hydrogens is 300 g/mol. The highest BCUT2D eigenvalue weighted by Crippen LogP contribution is 2.23. The van der Waals surface area contributed by atoms with Crippen LogP contribution in [0.25, 0.3) is 0 Å². The van der Waals surface area contributed by atoms with Crippen molar-refractivity contribution < 1.29 is 23.8 Å². The van der Waals surface area contributed by atoms with Gasteiger partial charge in [-0.25, -0.2) is 0 Å². The molecule has 7 heteroatoms. The molecule has 122 valence electrons. The summed E-state index contributed by atoms with van der Waals surface area (Å²) in [6.45, 7) is 1.31. The van der Waals surface area contributed by atoms with Crippen LogP contribution in [-0.4, -0.2) is 30.6 Å². The molecule has 0 radical (unpaired) electrons. The van der Waals surface area contributed by atoms with Crippen LogP contribution >= 0.6 is 0 Å². The second-order valence-electron chi connectivity index (χ2n) is 5.09. The predicted molar refractivity (Wildman–Crippen MR) is 82.9 cm³/mol. The van der Waals surface area contributed by atoms with Gasteiger partial charge in [0.15, 0.2) is 0 Å². The Kier molecular flexibility index (Phi) is 5.02. The van der Waals surface area contributed by atoms with Crippen molar-refractivity contribution in [2.75, 3.05) is 19.0 Å². The van der Waals surface area contributed by atoms with E-state index in [1.165, 1.54) is 20.3 Å². The average Bonchev–Trinajstić information content (AvgIpc) is 3.08. The molecule has 0 aliphatic heterocycles. The lowest BCUT2D eigenvalue weighted by molar-refractivity contribution is -0.136. The minimum absolute atomic E-state index is 0.168. The first-order chi connectivity index (χ1) is 10.9. The number of para-hydroxylation sites is 2. The molecular formula is C16H18N2O5. The highest BCUT2D eigenvalue weighted by atomic mass is 16.5. The van der Waals surface area contributed by atoms with E-state index in [0.717, 1.165) is 0 Å². The molecule has 1 aromatic carbocycles. The van der Waals surface area contributed by atoms with Crippen molar-refractivity contribution in [3.05, 3.63) is 48.4 Å². The molecule has 1 aromatic heterocycles. The quantitative estimate of drug-likeness (QED) is 0.720. The maximum atomic E-state index is 11.9. The summed E-state index contributed by atoms with van der Waals surface area (Å²) in [7, 11) is 1.46. The Morgan fingerprint density at radius 2 is 1.96 bits per heavy atom. The molecule has 7 nitrogen and oxygen atoms in total. The number of rotatable bonds is 5. The summed E-state index contributed by atoms with van der Waals surface area (Å²) in [5, 5.41) is 15.0. The van der Waals surface area contributed by atoms with E-state index in [1.807, 2.05) is 0 Å². The smallest absolute Gasteiger partial charge is 0.313 e. The van der Waals surface area contributed by atoms with Crippen molar-refractivity contribution >= 4 is 17.5 Å². The van der Waals surface area contributed by atoms with E-state index in [1.54, 1.807) is 36.4 Å². The molecule has 2 aromatic rings. The molecule has 2 amide bonds. The van der Waals surface area contributed by atoms with E-state index in [4.69, 9.17) is 9.15 Å². The lowest BCUT2D eigenvalue weighted by Gasteiger charge is -2.20. The lowest BCUT2D eigenvalue weighted by atomic mass is 10.0. The molecule has 2 rings (SSSR count). The largest absolute Gasteiger partial charge is 0.495 e. The first-order valence-corrected chi connectivity index (χ1v) is 6.92. The number of nitrogens with one attached hydrogen (secondary N) is 2. The monoisotopic (exact) mass is 318 g/mol. The fourth-order valence-corrected chi connectivity index (χ4v) is 1.93. The number of furan rings is 1. The standard InChI is InChI=1S/C16H18N2O5/c1-16(21,13-8-5-9-23-13)10-17-14(19)15(20)18-11-6-3-4-7-12(11)22-2/h3-9,21H,10H2,1-2H3,(H,17,19)(H,18,20). The number of amides is 2. The van der Waals surface area contributed by atoms with Gasteiger partial charge in [-0.1, -0.05) is 12.1 Å². The van der Waals surface area contributed by atoms with Crippen molar-refractivity contribution in [3.63, 3.8) is 0 Å². The van der Waals surface area contributed by atoms with Gasteiger partial charge in [-0.3, -0.25) is 9.59 Å². The number of carbonyl (C=O) groups excluding carboxylic acids is 2. The highest BCUT2D eigenvalue weighted by molar-refractivity contribution is 6.39. The number of hydrogen-bond donors (Lipinski definition) is 3. The summed E-state index contributed by atoms with van der Waals surface area (Å²) < 4.78 is 10.2. The lowest BCUT2D eigenvalue weighted by Crippen LogP contribution is -2.43. The summed E-state index contributed by atoms with van der Waals surface area (Å²) >= 11 is 0. The topological polar surface area (TPSA) is 101 Å². The Bertz CT molecular complexity index is 680. The van der Waals surface area contributed by atoms with E-state index in [-0.39, 0.29) is 6.54 Å². The molecule has 1 unspecified atom stereocenters. The molecule has 0 bridgehead atoms. The zero-order valence-electron chi connectivity index (χ0n) is 12.8. The van der Waals surface area contributed by atoms with Crippen LogP contribution in [-0.2, 0) is 15.2 Å². The number of benzene rings is 1. The normalized spacial score (nSPS) is 13.0. The molecule has 0 aliphatic carbocycles. The Labute approximate surface area is 133 Å². The van der Waals surface area contributed by atoms with Gasteiger partial charge >= 0.3 is 11.8 Å². The molecule has 0 fully saturated rings. The third-order valence-electron chi connectivity index (χ3n) is 3.21. The molecule has 1 heterocycles. The summed E-state index contributed by atoms with van der Waals surface area (Å²) in [4.78, 5) is 23.8. The van der Waals surface area contributed by atoms with Gasteiger partial charge in [-0.05, 0) is 31.2 Å². The third-order valence-corrected chi connectivity index (χ3v) is 3.21. The zero-order chi connectivity index (χ0) is 16.9. The van der Waals surface area contributed by atoms with E-state index in [0.29, 0.717) is 17.2 Å². The molecule has 0 spiro atoms. The van der Waals surface area contributed by atoms with Gasteiger partial charge < -0.3 is 24.9 Å². The van der Waals surface area contributed by atoms with Crippen LogP contribution in [0.15, 0.2) is 47.1 Å². The van der Waals surface area contributed by atoms with Crippen molar-refractivity contribution in [1.29, 1.82) is 0 Å². The Morgan fingerprint density at radius 1 is 1.22 bits per heavy atom. The number of aliphatic hydroxyl groups is 1. The van der Waals surface area contributed by atoms with Gasteiger partial charge in [-0.2, -0.15) is 0 Å². The zero-order valence-corrected chi connectivity index (χ0v) is 12.8. The van der Waals surface area contributed by atoms with Gasteiger partial charge in [-0.15, -0.1) is 0 Å². The maximum absolute atomic E-state index is 11.9. The molecule has 0 aliphatic rings. The summed E-state index contributed by atoms with van der Waals surface area (Å²) in [5.41, 5.74) is -1.03. The van der Waals surface area contributed by atoms with Gasteiger partial charge in [0, 0.05) is 0 Å². The summed E-state index contributed by atoms with van der Waals surface area (Å²) in [6, 6.07) is 9.94. The van der Waals surface area contributed by atoms with E-state index >= 15 is 0 Å². The second kappa shape index (κ2) is 6.97. The van der Waals surface area contributed by atoms with Crippen molar-refractivity contribution in [3.8, 4) is 5.75 Å². The van der Waals surface area contributed by atoms with Crippen LogP contribution in [0.2, 0.25) is 0 Å². The number of anilines is 1. The van der Waals surface area contributed by atoms with Gasteiger partial charge in [0.25, 0.3) is 0 Å². The van der Waals surface area contributed by atoms with Crippen LogP contribution < -0.4 is 15.4 Å². The van der Waals surface area contributed by atoms with Crippen molar-refractivity contribution in [2.45, 2.75) is 12.5 Å². The molecule has 0 saturated carbocycles. The number of ether oxygens (including phenoxy) is 1. The first kappa shape index (κ1) is 16.6. The second-order valence-corrected chi connectivity index (χ2v) is 5.09. The SMILES string of the molecule is COc1ccccc1NC(=O)C(=O)NCC(C)(O)c1ccco1. The minimum atomic E-state index is -1.41. The van der Waals surface area contributed by atoms with Gasteiger partial charge in [0.05, 0.1) is 25.6 Å². The van der Waals surface area contributed by atoms with Crippen LogP contribution in [0.3, 0.4) is 0 Å². The van der Waals surface area contributed by atoms with Crippen molar-refractivity contribution in [1.82, 2.24) is 5.32 Å². The first-order valence-electron chi connectivity index (χ1n) is 6.92. The molecule has 3 N–H and O–H groups in total. The van der Waals surface area contributed by atoms with E-state index in [2.05, 4.69) is 10.6 Å². The number of carbonyl (C=O) groups is 2. The number of hydrogen-bond acceptors (Lipinski definition) is 5. The average molecular weight is 318 g/mol. The molecule has 0 saturated heterocycles. The van der Waals surface area contributed by atoms with Gasteiger partial charge in [0.2, 0.25) is 0 Å². The van der Waals surface area contributed by atoms with Crippen LogP contribution in [0, 0.1) is 0 Å². The Balaban J connectivity index is 1.94. The third kappa shape index (κ3) is 4.10.